The molecule has 0 fully saturated rings. The third kappa shape index (κ3) is 8.48. The fourth-order valence-electron chi connectivity index (χ4n) is 12.8. The molecule has 0 aliphatic heterocycles. The minimum Gasteiger partial charge on any atom is -0.455 e. The summed E-state index contributed by atoms with van der Waals surface area (Å²) >= 11 is 0. The van der Waals surface area contributed by atoms with Gasteiger partial charge in [-0.05, 0) is 139 Å². The first-order valence-corrected chi connectivity index (χ1v) is 28.8. The first kappa shape index (κ1) is 51.8. The molecule has 2 aromatic heterocycles. The molecule has 0 saturated heterocycles. The second-order valence-electron chi connectivity index (χ2n) is 26.6. The van der Waals surface area contributed by atoms with Crippen LogP contribution in [0, 0.1) is 0 Å². The van der Waals surface area contributed by atoms with E-state index in [2.05, 4.69) is 311 Å². The van der Waals surface area contributed by atoms with Crippen molar-refractivity contribution in [1.29, 1.82) is 0 Å². The Hall–Kier alpha value is -8.60. The van der Waals surface area contributed by atoms with Gasteiger partial charge in [-0.3, -0.25) is 0 Å². The van der Waals surface area contributed by atoms with E-state index in [9.17, 15) is 0 Å². The van der Waals surface area contributed by atoms with Crippen LogP contribution in [0.3, 0.4) is 0 Å². The second-order valence-corrected chi connectivity index (χ2v) is 26.6. The van der Waals surface area contributed by atoms with E-state index in [1.165, 1.54) is 33.4 Å². The van der Waals surface area contributed by atoms with Crippen molar-refractivity contribution in [2.75, 3.05) is 9.80 Å². The van der Waals surface area contributed by atoms with Gasteiger partial charge in [0.15, 0.2) is 5.58 Å². The van der Waals surface area contributed by atoms with Crippen molar-refractivity contribution in [2.24, 2.45) is 0 Å². The number of anilines is 6. The van der Waals surface area contributed by atoms with Crippen LogP contribution in [-0.4, -0.2) is 0 Å². The number of benzene rings is 10. The third-order valence-corrected chi connectivity index (χ3v) is 17.2. The summed E-state index contributed by atoms with van der Waals surface area (Å²) in [6.45, 7) is 27.5. The third-order valence-electron chi connectivity index (χ3n) is 17.2. The molecular weight excluding hydrogens is 985 g/mol. The molecule has 12 aromatic rings. The number of nitrogens with zero attached hydrogens (tertiary/aromatic N) is 2. The number of furan rings is 2. The highest BCUT2D eigenvalue weighted by molar-refractivity contribution is 6.26. The maximum atomic E-state index is 7.60. The van der Waals surface area contributed by atoms with Crippen molar-refractivity contribution in [3.05, 3.63) is 263 Å². The van der Waals surface area contributed by atoms with Gasteiger partial charge in [-0.25, -0.2) is 0 Å². The van der Waals surface area contributed by atoms with Crippen molar-refractivity contribution >= 4 is 78.0 Å². The summed E-state index contributed by atoms with van der Waals surface area (Å²) in [5.74, 6) is 0. The van der Waals surface area contributed by atoms with Crippen LogP contribution in [0.25, 0.3) is 55.0 Å². The molecule has 402 valence electrons. The van der Waals surface area contributed by atoms with E-state index < -0.39 is 5.41 Å². The molecule has 1 aliphatic carbocycles. The monoisotopic (exact) mass is 1060 g/mol. The molecule has 13 rings (SSSR count). The molecule has 0 amide bonds. The Bertz CT molecular complexity index is 4270. The minimum atomic E-state index is -0.919. The van der Waals surface area contributed by atoms with Gasteiger partial charge in [0.25, 0.3) is 0 Å². The summed E-state index contributed by atoms with van der Waals surface area (Å²) in [5, 5.41) is 4.21. The fraction of sp³-hybridized carbons (Fsp3) is 0.221. The Labute approximate surface area is 478 Å². The zero-order valence-corrected chi connectivity index (χ0v) is 49.0. The lowest BCUT2D eigenvalue weighted by atomic mass is 9.66. The lowest BCUT2D eigenvalue weighted by molar-refractivity contribution is 0.588. The zero-order chi connectivity index (χ0) is 56.4. The molecule has 4 heteroatoms. The van der Waals surface area contributed by atoms with Gasteiger partial charge in [0.2, 0.25) is 0 Å². The van der Waals surface area contributed by atoms with Crippen LogP contribution in [0.1, 0.15) is 128 Å². The summed E-state index contributed by atoms with van der Waals surface area (Å²) in [6, 6.07) is 81.4. The number of rotatable bonds is 8. The standard InChI is InChI=1S/C77H72N2O2/c1-73(2,3)49-31-35-53(36-32-49)77(54-37-33-50(34-38-54)74(4,5)6)61-48-64(79(56-25-17-14-18-26-56)58-45-41-52(42-46-58)76(10,11)12)71-68(60-28-20-22-30-66(60)80-71)69(61)70-62(77)47-63(67-59-27-19-21-29-65(59)81-72(67)70)78(55-23-15-13-16-24-55)57-43-39-51(40-44-57)75(7,8)9/h13-48H,1-12H3. The molecule has 0 saturated carbocycles. The van der Waals surface area contributed by atoms with Gasteiger partial charge in [-0.1, -0.05) is 229 Å². The molecule has 4 nitrogen and oxygen atoms in total. The summed E-state index contributed by atoms with van der Waals surface area (Å²) in [6.07, 6.45) is 0. The normalized spacial score (nSPS) is 13.5. The predicted molar refractivity (Wildman–Crippen MR) is 342 cm³/mol. The Morgan fingerprint density at radius 3 is 1.07 bits per heavy atom. The van der Waals surface area contributed by atoms with E-state index in [1.54, 1.807) is 0 Å². The van der Waals surface area contributed by atoms with Crippen molar-refractivity contribution in [3.8, 4) is 11.1 Å². The summed E-state index contributed by atoms with van der Waals surface area (Å²) in [7, 11) is 0. The van der Waals surface area contributed by atoms with E-state index in [0.29, 0.717) is 0 Å². The van der Waals surface area contributed by atoms with E-state index >= 15 is 0 Å². The maximum Gasteiger partial charge on any atom is 0.160 e. The molecule has 0 atom stereocenters. The number of para-hydroxylation sites is 4. The maximum absolute atomic E-state index is 7.60. The van der Waals surface area contributed by atoms with E-state index in [-0.39, 0.29) is 21.7 Å². The molecule has 1 aliphatic rings. The van der Waals surface area contributed by atoms with Gasteiger partial charge in [0, 0.05) is 50.0 Å². The largest absolute Gasteiger partial charge is 0.455 e. The summed E-state index contributed by atoms with van der Waals surface area (Å²) < 4.78 is 15.0. The molecule has 0 N–H and O–H groups in total. The number of hydrogen-bond donors (Lipinski definition) is 0. The molecule has 2 heterocycles. The molecule has 0 spiro atoms. The van der Waals surface area contributed by atoms with Gasteiger partial charge in [0.1, 0.15) is 16.7 Å². The minimum absolute atomic E-state index is 0.0262. The average Bonchev–Trinajstić information content (AvgIpc) is 2.04. The first-order valence-electron chi connectivity index (χ1n) is 28.8. The highest BCUT2D eigenvalue weighted by Gasteiger charge is 2.51. The van der Waals surface area contributed by atoms with Crippen LogP contribution in [0.15, 0.2) is 227 Å². The zero-order valence-electron chi connectivity index (χ0n) is 49.0. The molecule has 81 heavy (non-hydrogen) atoms. The Morgan fingerprint density at radius 2 is 0.642 bits per heavy atom. The van der Waals surface area contributed by atoms with Crippen molar-refractivity contribution in [1.82, 2.24) is 0 Å². The topological polar surface area (TPSA) is 32.8 Å². The van der Waals surface area contributed by atoms with Crippen molar-refractivity contribution in [2.45, 2.75) is 110 Å². The first-order chi connectivity index (χ1) is 38.7. The van der Waals surface area contributed by atoms with Crippen LogP contribution in [0.4, 0.5) is 34.1 Å². The van der Waals surface area contributed by atoms with Crippen LogP contribution in [-0.2, 0) is 27.1 Å². The molecule has 0 bridgehead atoms. The van der Waals surface area contributed by atoms with Crippen molar-refractivity contribution in [3.63, 3.8) is 0 Å². The summed E-state index contributed by atoms with van der Waals surface area (Å²) in [4.78, 5) is 4.87. The van der Waals surface area contributed by atoms with E-state index in [4.69, 9.17) is 8.83 Å². The smallest absolute Gasteiger partial charge is 0.160 e. The quantitative estimate of drug-likeness (QED) is 0.152. The van der Waals surface area contributed by atoms with Crippen LogP contribution >= 0.6 is 0 Å². The summed E-state index contributed by atoms with van der Waals surface area (Å²) in [5.41, 5.74) is 20.3. The number of fused-ring (bicyclic) bond motifs is 11. The van der Waals surface area contributed by atoms with Gasteiger partial charge in [-0.15, -0.1) is 0 Å². The number of hydrogen-bond acceptors (Lipinski definition) is 4. The van der Waals surface area contributed by atoms with Gasteiger partial charge < -0.3 is 18.6 Å². The fourth-order valence-corrected chi connectivity index (χ4v) is 12.8. The van der Waals surface area contributed by atoms with Crippen LogP contribution in [0.5, 0.6) is 0 Å². The highest BCUT2D eigenvalue weighted by atomic mass is 16.3. The highest BCUT2D eigenvalue weighted by Crippen LogP contribution is 2.65. The SMILES string of the molecule is CC(C)(C)c1ccc(N(c2ccccc2)c2cc3c(c4c2oc2ccccc24)-c2c(cc(N(c4ccccc4)c4ccc(C(C)(C)C)cc4)c4c2oc2ccccc24)C3(c2ccc(C(C)(C)C)cc2)c2ccc(C(C)(C)C)cc2)cc1. The van der Waals surface area contributed by atoms with Crippen molar-refractivity contribution < 1.29 is 8.83 Å². The molecular formula is C77H72N2O2. The van der Waals surface area contributed by atoms with E-state index in [1.807, 2.05) is 0 Å². The average molecular weight is 1060 g/mol. The lowest BCUT2D eigenvalue weighted by Crippen LogP contribution is -2.30. The lowest BCUT2D eigenvalue weighted by Gasteiger charge is -2.36. The van der Waals surface area contributed by atoms with Crippen LogP contribution < -0.4 is 9.80 Å². The van der Waals surface area contributed by atoms with Gasteiger partial charge in [0.05, 0.1) is 22.2 Å². The predicted octanol–water partition coefficient (Wildman–Crippen LogP) is 22.0. The Balaban J connectivity index is 1.26. The molecule has 10 aromatic carbocycles. The van der Waals surface area contributed by atoms with E-state index in [0.717, 1.165) is 100 Å². The van der Waals surface area contributed by atoms with Gasteiger partial charge in [-0.2, -0.15) is 0 Å². The second kappa shape index (κ2) is 18.7. The van der Waals surface area contributed by atoms with Gasteiger partial charge >= 0.3 is 0 Å². The Morgan fingerprint density at radius 1 is 0.309 bits per heavy atom. The molecule has 0 unspecified atom stereocenters. The van der Waals surface area contributed by atoms with Crippen LogP contribution in [0.2, 0.25) is 0 Å². The Kier molecular flexibility index (Phi) is 12.0. The molecule has 0 radical (unpaired) electrons.